The van der Waals surface area contributed by atoms with Gasteiger partial charge in [-0.15, -0.1) is 11.3 Å². The van der Waals surface area contributed by atoms with Crippen molar-refractivity contribution in [3.63, 3.8) is 0 Å². The molecule has 0 aliphatic rings. The topological polar surface area (TPSA) is 76.9 Å². The van der Waals surface area contributed by atoms with Crippen molar-refractivity contribution in [2.45, 2.75) is 26.8 Å². The molecule has 0 bridgehead atoms. The molecule has 1 amide bonds. The number of nitrogens with zero attached hydrogens (tertiary/aromatic N) is 3. The molecule has 0 aliphatic carbocycles. The van der Waals surface area contributed by atoms with Gasteiger partial charge >= 0.3 is 0 Å². The molecule has 0 saturated carbocycles. The van der Waals surface area contributed by atoms with Crippen molar-refractivity contribution in [3.8, 4) is 11.3 Å². The van der Waals surface area contributed by atoms with Gasteiger partial charge in [0.1, 0.15) is 5.82 Å². The van der Waals surface area contributed by atoms with Crippen LogP contribution >= 0.6 is 11.3 Å². The first kappa shape index (κ1) is 20.9. The van der Waals surface area contributed by atoms with Gasteiger partial charge in [-0.25, -0.2) is 14.1 Å². The highest BCUT2D eigenvalue weighted by Crippen LogP contribution is 2.26. The lowest BCUT2D eigenvalue weighted by Crippen LogP contribution is -2.28. The predicted molar refractivity (Wildman–Crippen MR) is 121 cm³/mol. The quantitative estimate of drug-likeness (QED) is 0.464. The number of hydrogen-bond donors (Lipinski definition) is 1. The molecule has 158 valence electrons. The molecule has 4 aromatic rings. The summed E-state index contributed by atoms with van der Waals surface area (Å²) in [4.78, 5) is 30.3. The lowest BCUT2D eigenvalue weighted by atomic mass is 10.1. The Morgan fingerprint density at radius 1 is 1.13 bits per heavy atom. The third kappa shape index (κ3) is 4.54. The molecule has 1 N–H and O–H groups in total. The number of nitrogens with one attached hydrogen (secondary N) is 1. The zero-order valence-corrected chi connectivity index (χ0v) is 17.9. The fourth-order valence-electron chi connectivity index (χ4n) is 3.18. The summed E-state index contributed by atoms with van der Waals surface area (Å²) in [6.07, 6.45) is 0.778. The lowest BCUT2D eigenvalue weighted by Gasteiger charge is -2.11. The molecule has 6 nitrogen and oxygen atoms in total. The van der Waals surface area contributed by atoms with Gasteiger partial charge in [-0.1, -0.05) is 32.0 Å². The number of benzene rings is 2. The van der Waals surface area contributed by atoms with Crippen molar-refractivity contribution in [1.29, 1.82) is 0 Å². The minimum Gasteiger partial charge on any atom is -0.296 e. The van der Waals surface area contributed by atoms with Gasteiger partial charge in [-0.05, 0) is 42.7 Å². The molecule has 0 radical (unpaired) electrons. The van der Waals surface area contributed by atoms with Gasteiger partial charge in [-0.3, -0.25) is 14.9 Å². The largest absolute Gasteiger partial charge is 0.296 e. The van der Waals surface area contributed by atoms with E-state index in [0.29, 0.717) is 34.1 Å². The van der Waals surface area contributed by atoms with Gasteiger partial charge in [0.15, 0.2) is 10.8 Å². The summed E-state index contributed by atoms with van der Waals surface area (Å²) in [6.45, 7) is 4.58. The number of fused-ring (bicyclic) bond motifs is 1. The molecule has 4 rings (SSSR count). The van der Waals surface area contributed by atoms with Crippen LogP contribution in [0.25, 0.3) is 22.0 Å². The average Bonchev–Trinajstić information content (AvgIpc) is 3.22. The highest BCUT2D eigenvalue weighted by atomic mass is 32.1. The first-order valence-corrected chi connectivity index (χ1v) is 10.8. The van der Waals surface area contributed by atoms with Crippen molar-refractivity contribution in [1.82, 2.24) is 14.8 Å². The second-order valence-corrected chi connectivity index (χ2v) is 8.46. The number of aryl methyl sites for hydroxylation is 1. The summed E-state index contributed by atoms with van der Waals surface area (Å²) in [7, 11) is 0. The molecular weight excluding hydrogens is 415 g/mol. The fraction of sp³-hybridized carbons (Fsp3) is 0.217. The van der Waals surface area contributed by atoms with E-state index in [1.807, 2.05) is 0 Å². The molecule has 0 saturated heterocycles. The van der Waals surface area contributed by atoms with Gasteiger partial charge in [-0.2, -0.15) is 5.10 Å². The zero-order chi connectivity index (χ0) is 22.0. The van der Waals surface area contributed by atoms with Gasteiger partial charge in [0.2, 0.25) is 0 Å². The van der Waals surface area contributed by atoms with Crippen molar-refractivity contribution in [2.24, 2.45) is 5.92 Å². The second-order valence-electron chi connectivity index (χ2n) is 7.60. The molecule has 0 spiro atoms. The number of carbonyl (C=O) groups excluding carboxylic acids is 1. The highest BCUT2D eigenvalue weighted by molar-refractivity contribution is 7.14. The molecule has 2 heterocycles. The van der Waals surface area contributed by atoms with E-state index in [4.69, 9.17) is 0 Å². The van der Waals surface area contributed by atoms with Crippen LogP contribution in [0.2, 0.25) is 0 Å². The SMILES string of the molecule is CC(C)CCn1nc(C(=O)Nc2nc(-c3ccc(F)cc3)cs2)c2ccccc2c1=O. The van der Waals surface area contributed by atoms with Crippen LogP contribution in [-0.4, -0.2) is 20.7 Å². The predicted octanol–water partition coefficient (Wildman–Crippen LogP) is 4.96. The number of rotatable bonds is 6. The fourth-order valence-corrected chi connectivity index (χ4v) is 3.89. The molecule has 2 aromatic heterocycles. The molecule has 8 heteroatoms. The standard InChI is InChI=1S/C23H21FN4O2S/c1-14(2)11-12-28-22(30)18-6-4-3-5-17(18)20(27-28)21(29)26-23-25-19(13-31-23)15-7-9-16(24)10-8-15/h3-10,13-14H,11-12H2,1-2H3,(H,25,26,29). The third-order valence-corrected chi connectivity index (χ3v) is 5.62. The Labute approximate surface area is 182 Å². The lowest BCUT2D eigenvalue weighted by molar-refractivity contribution is 0.102. The minimum atomic E-state index is -0.436. The van der Waals surface area contributed by atoms with Gasteiger partial charge in [0.05, 0.1) is 11.1 Å². The van der Waals surface area contributed by atoms with E-state index in [-0.39, 0.29) is 17.1 Å². The number of carbonyl (C=O) groups is 1. The number of halogens is 1. The summed E-state index contributed by atoms with van der Waals surface area (Å²) in [6, 6.07) is 13.0. The molecule has 0 atom stereocenters. The van der Waals surface area contributed by atoms with Crippen LogP contribution in [-0.2, 0) is 6.54 Å². The number of thiazole rings is 1. The maximum Gasteiger partial charge on any atom is 0.278 e. The summed E-state index contributed by atoms with van der Waals surface area (Å²) in [5.41, 5.74) is 1.36. The van der Waals surface area contributed by atoms with Crippen LogP contribution in [0, 0.1) is 11.7 Å². The van der Waals surface area contributed by atoms with E-state index in [0.717, 1.165) is 12.0 Å². The Bertz CT molecular complexity index is 1300. The van der Waals surface area contributed by atoms with E-state index in [1.165, 1.54) is 28.2 Å². The van der Waals surface area contributed by atoms with Crippen LogP contribution in [0.5, 0.6) is 0 Å². The first-order chi connectivity index (χ1) is 14.9. The normalized spacial score (nSPS) is 11.2. The molecule has 31 heavy (non-hydrogen) atoms. The van der Waals surface area contributed by atoms with E-state index in [9.17, 15) is 14.0 Å². The third-order valence-electron chi connectivity index (χ3n) is 4.87. The minimum absolute atomic E-state index is 0.178. The van der Waals surface area contributed by atoms with Crippen LogP contribution in [0.1, 0.15) is 30.8 Å². The highest BCUT2D eigenvalue weighted by Gasteiger charge is 2.18. The van der Waals surface area contributed by atoms with Crippen LogP contribution < -0.4 is 10.9 Å². The van der Waals surface area contributed by atoms with Gasteiger partial charge in [0, 0.05) is 22.9 Å². The summed E-state index contributed by atoms with van der Waals surface area (Å²) in [5.74, 6) is -0.356. The number of hydrogen-bond acceptors (Lipinski definition) is 5. The van der Waals surface area contributed by atoms with Crippen molar-refractivity contribution < 1.29 is 9.18 Å². The Kier molecular flexibility index (Phi) is 5.90. The van der Waals surface area contributed by atoms with E-state index >= 15 is 0 Å². The summed E-state index contributed by atoms with van der Waals surface area (Å²) >= 11 is 1.27. The Hall–Kier alpha value is -3.39. The van der Waals surface area contributed by atoms with Gasteiger partial charge < -0.3 is 0 Å². The Balaban J connectivity index is 1.65. The van der Waals surface area contributed by atoms with Crippen molar-refractivity contribution in [3.05, 3.63) is 75.8 Å². The summed E-state index contributed by atoms with van der Waals surface area (Å²) < 4.78 is 14.5. The smallest absolute Gasteiger partial charge is 0.278 e. The summed E-state index contributed by atoms with van der Waals surface area (Å²) in [5, 5.41) is 10.3. The van der Waals surface area contributed by atoms with E-state index < -0.39 is 5.91 Å². The Morgan fingerprint density at radius 2 is 1.84 bits per heavy atom. The van der Waals surface area contributed by atoms with Gasteiger partial charge in [0.25, 0.3) is 11.5 Å². The molecule has 0 unspecified atom stereocenters. The van der Waals surface area contributed by atoms with Crippen LogP contribution in [0.15, 0.2) is 58.7 Å². The van der Waals surface area contributed by atoms with Crippen molar-refractivity contribution in [2.75, 3.05) is 5.32 Å². The second kappa shape index (κ2) is 8.77. The maximum atomic E-state index is 13.1. The first-order valence-electron chi connectivity index (χ1n) is 9.95. The van der Waals surface area contributed by atoms with Crippen LogP contribution in [0.3, 0.4) is 0 Å². The van der Waals surface area contributed by atoms with E-state index in [1.54, 1.807) is 41.8 Å². The van der Waals surface area contributed by atoms with Crippen LogP contribution in [0.4, 0.5) is 9.52 Å². The molecule has 0 aliphatic heterocycles. The number of amides is 1. The maximum absolute atomic E-state index is 13.1. The van der Waals surface area contributed by atoms with Crippen molar-refractivity contribution >= 4 is 33.1 Å². The number of anilines is 1. The number of aromatic nitrogens is 3. The van der Waals surface area contributed by atoms with E-state index in [2.05, 4.69) is 29.2 Å². The Morgan fingerprint density at radius 3 is 2.55 bits per heavy atom. The average molecular weight is 437 g/mol. The monoisotopic (exact) mass is 436 g/mol. The zero-order valence-electron chi connectivity index (χ0n) is 17.1. The molecular formula is C23H21FN4O2S. The molecule has 0 fully saturated rings. The molecule has 2 aromatic carbocycles.